The van der Waals surface area contributed by atoms with Crippen LogP contribution in [0.4, 0.5) is 4.39 Å². The van der Waals surface area contributed by atoms with Gasteiger partial charge in [-0.1, -0.05) is 6.92 Å². The summed E-state index contributed by atoms with van der Waals surface area (Å²) in [7, 11) is 2.26. The third kappa shape index (κ3) is 3.50. The first-order valence-electron chi connectivity index (χ1n) is 10.2. The molecule has 0 radical (unpaired) electrons. The third-order valence-corrected chi connectivity index (χ3v) is 7.14. The van der Waals surface area contributed by atoms with E-state index in [1.807, 2.05) is 0 Å². The number of carbonyl (C=O) groups excluding carboxylic acids is 1. The average molecular weight is 375 g/mol. The van der Waals surface area contributed by atoms with E-state index < -0.39 is 5.91 Å². The van der Waals surface area contributed by atoms with E-state index in [-0.39, 0.29) is 11.4 Å². The highest BCUT2D eigenvalue weighted by Crippen LogP contribution is 2.39. The van der Waals surface area contributed by atoms with Crippen molar-refractivity contribution in [2.24, 2.45) is 5.92 Å². The minimum Gasteiger partial charge on any atom is -0.300 e. The normalized spacial score (nSPS) is 31.0. The van der Waals surface area contributed by atoms with Gasteiger partial charge in [-0.3, -0.25) is 14.9 Å². The van der Waals surface area contributed by atoms with Crippen molar-refractivity contribution in [2.75, 3.05) is 13.6 Å². The molecule has 1 amide bonds. The predicted molar refractivity (Wildman–Crippen MR) is 101 cm³/mol. The lowest BCUT2D eigenvalue weighted by Crippen LogP contribution is -2.47. The number of rotatable bonds is 4. The van der Waals surface area contributed by atoms with Crippen LogP contribution in [-0.2, 0) is 13.0 Å². The summed E-state index contributed by atoms with van der Waals surface area (Å²) in [6, 6.07) is 4.77. The van der Waals surface area contributed by atoms with Gasteiger partial charge < -0.3 is 4.90 Å². The molecule has 4 rings (SSSR count). The number of hydrogen-bond acceptors (Lipinski definition) is 4. The first kappa shape index (κ1) is 18.8. The molecule has 1 aromatic carbocycles. The lowest BCUT2D eigenvalue weighted by Gasteiger charge is -2.42. The second-order valence-corrected chi connectivity index (χ2v) is 8.62. The van der Waals surface area contributed by atoms with Crippen molar-refractivity contribution in [2.45, 2.75) is 70.1 Å². The first-order valence-corrected chi connectivity index (χ1v) is 10.2. The molecule has 0 aromatic heterocycles. The Morgan fingerprint density at radius 3 is 2.63 bits per heavy atom. The summed E-state index contributed by atoms with van der Waals surface area (Å²) in [6.07, 6.45) is 6.85. The summed E-state index contributed by atoms with van der Waals surface area (Å²) >= 11 is 0. The van der Waals surface area contributed by atoms with Gasteiger partial charge in [0.2, 0.25) is 0 Å². The van der Waals surface area contributed by atoms with Crippen molar-refractivity contribution in [3.63, 3.8) is 0 Å². The molecule has 0 unspecified atom stereocenters. The number of piperidine rings is 1. The molecular formula is C21H30FN3O2. The number of benzene rings is 1. The molecule has 6 heteroatoms. The van der Waals surface area contributed by atoms with Gasteiger partial charge in [0, 0.05) is 36.8 Å². The standard InChI is InChI=1S/C21H30FN3O2/c1-3-16-10-19-15(8-14(9-20(19)22)21(26)23-27)12-25(16)11-13-6-17-4-5-18(7-13)24(17)2/h8-9,13,16-18,27H,3-7,10-12H2,1-2H3,(H,23,26)/t13-,16-,17-,18+/m0/s1. The van der Waals surface area contributed by atoms with Crippen molar-refractivity contribution in [3.8, 4) is 0 Å². The number of carbonyl (C=O) groups is 1. The summed E-state index contributed by atoms with van der Waals surface area (Å²) < 4.78 is 14.6. The van der Waals surface area contributed by atoms with Crippen LogP contribution in [0.1, 0.15) is 60.5 Å². The van der Waals surface area contributed by atoms with E-state index in [2.05, 4.69) is 23.8 Å². The van der Waals surface area contributed by atoms with Gasteiger partial charge >= 0.3 is 0 Å². The van der Waals surface area contributed by atoms with Gasteiger partial charge in [-0.15, -0.1) is 0 Å². The number of fused-ring (bicyclic) bond motifs is 3. The Labute approximate surface area is 160 Å². The molecule has 2 N–H and O–H groups in total. The number of hydrogen-bond donors (Lipinski definition) is 2. The Bertz CT molecular complexity index is 712. The van der Waals surface area contributed by atoms with E-state index in [1.165, 1.54) is 31.7 Å². The molecule has 3 aliphatic rings. The number of amides is 1. The smallest absolute Gasteiger partial charge is 0.274 e. The van der Waals surface area contributed by atoms with E-state index in [0.29, 0.717) is 24.9 Å². The highest BCUT2D eigenvalue weighted by Gasteiger charge is 2.39. The Hall–Kier alpha value is -1.50. The largest absolute Gasteiger partial charge is 0.300 e. The maximum absolute atomic E-state index is 14.6. The van der Waals surface area contributed by atoms with Gasteiger partial charge in [0.1, 0.15) is 5.82 Å². The second kappa shape index (κ2) is 7.49. The molecule has 0 saturated carbocycles. The van der Waals surface area contributed by atoms with Gasteiger partial charge in [-0.25, -0.2) is 9.87 Å². The zero-order chi connectivity index (χ0) is 19.1. The maximum atomic E-state index is 14.6. The van der Waals surface area contributed by atoms with Gasteiger partial charge in [0.05, 0.1) is 0 Å². The van der Waals surface area contributed by atoms with E-state index in [4.69, 9.17) is 5.21 Å². The van der Waals surface area contributed by atoms with E-state index >= 15 is 0 Å². The van der Waals surface area contributed by atoms with E-state index in [0.717, 1.165) is 36.2 Å². The topological polar surface area (TPSA) is 55.8 Å². The Morgan fingerprint density at radius 2 is 2.00 bits per heavy atom. The van der Waals surface area contributed by atoms with Gasteiger partial charge in [0.25, 0.3) is 5.91 Å². The van der Waals surface area contributed by atoms with Crippen LogP contribution in [0.15, 0.2) is 12.1 Å². The number of halogens is 1. The molecule has 2 fully saturated rings. The van der Waals surface area contributed by atoms with Crippen LogP contribution in [0.25, 0.3) is 0 Å². The van der Waals surface area contributed by atoms with Gasteiger partial charge in [0.15, 0.2) is 0 Å². The van der Waals surface area contributed by atoms with Crippen LogP contribution in [0.5, 0.6) is 0 Å². The van der Waals surface area contributed by atoms with Crippen LogP contribution >= 0.6 is 0 Å². The molecule has 0 spiro atoms. The molecule has 2 saturated heterocycles. The van der Waals surface area contributed by atoms with Crippen molar-refractivity contribution in [3.05, 3.63) is 34.6 Å². The van der Waals surface area contributed by atoms with Crippen LogP contribution in [0, 0.1) is 11.7 Å². The van der Waals surface area contributed by atoms with Crippen molar-refractivity contribution < 1.29 is 14.4 Å². The molecule has 3 heterocycles. The summed E-state index contributed by atoms with van der Waals surface area (Å²) in [5.41, 5.74) is 3.41. The number of hydroxylamine groups is 1. The molecule has 4 atom stereocenters. The predicted octanol–water partition coefficient (Wildman–Crippen LogP) is 2.95. The molecular weight excluding hydrogens is 345 g/mol. The van der Waals surface area contributed by atoms with E-state index in [9.17, 15) is 9.18 Å². The fourth-order valence-electron chi connectivity index (χ4n) is 5.59. The van der Waals surface area contributed by atoms with Crippen molar-refractivity contribution >= 4 is 5.91 Å². The molecule has 2 bridgehead atoms. The molecule has 0 aliphatic carbocycles. The monoisotopic (exact) mass is 375 g/mol. The van der Waals surface area contributed by atoms with Gasteiger partial charge in [-0.05, 0) is 74.8 Å². The Kier molecular flexibility index (Phi) is 5.23. The van der Waals surface area contributed by atoms with Crippen LogP contribution in [0.2, 0.25) is 0 Å². The average Bonchev–Trinajstić information content (AvgIpc) is 2.87. The Morgan fingerprint density at radius 1 is 1.30 bits per heavy atom. The number of nitrogens with one attached hydrogen (secondary N) is 1. The highest BCUT2D eigenvalue weighted by molar-refractivity contribution is 5.93. The molecule has 148 valence electrons. The fraction of sp³-hybridized carbons (Fsp3) is 0.667. The molecule has 1 aromatic rings. The summed E-state index contributed by atoms with van der Waals surface area (Å²) in [6.45, 7) is 3.91. The van der Waals surface area contributed by atoms with Crippen molar-refractivity contribution in [1.29, 1.82) is 0 Å². The highest BCUT2D eigenvalue weighted by atomic mass is 19.1. The van der Waals surface area contributed by atoms with Crippen molar-refractivity contribution in [1.82, 2.24) is 15.3 Å². The van der Waals surface area contributed by atoms with Gasteiger partial charge in [-0.2, -0.15) is 0 Å². The minimum atomic E-state index is -0.659. The SMILES string of the molecule is CC[C@H]1Cc2c(F)cc(C(=O)NO)cc2CN1C[C@@H]1C[C@H]2CC[C@@H](C1)N2C. The van der Waals surface area contributed by atoms with Crippen LogP contribution in [-0.4, -0.2) is 52.6 Å². The quantitative estimate of drug-likeness (QED) is 0.628. The fourth-order valence-corrected chi connectivity index (χ4v) is 5.59. The molecule has 27 heavy (non-hydrogen) atoms. The zero-order valence-electron chi connectivity index (χ0n) is 16.2. The summed E-state index contributed by atoms with van der Waals surface area (Å²) in [5.74, 6) is -0.294. The maximum Gasteiger partial charge on any atom is 0.274 e. The van der Waals surface area contributed by atoms with Crippen LogP contribution < -0.4 is 5.48 Å². The van der Waals surface area contributed by atoms with Crippen LogP contribution in [0.3, 0.4) is 0 Å². The molecule has 3 aliphatic heterocycles. The zero-order valence-corrected chi connectivity index (χ0v) is 16.2. The third-order valence-electron chi connectivity index (χ3n) is 7.14. The minimum absolute atomic E-state index is 0.181. The summed E-state index contributed by atoms with van der Waals surface area (Å²) in [4.78, 5) is 16.8. The first-order chi connectivity index (χ1) is 13.0. The lowest BCUT2D eigenvalue weighted by molar-refractivity contribution is 0.0702. The second-order valence-electron chi connectivity index (χ2n) is 8.62. The lowest BCUT2D eigenvalue weighted by atomic mass is 9.86. The Balaban J connectivity index is 1.53. The summed E-state index contributed by atoms with van der Waals surface area (Å²) in [5, 5.41) is 8.87. The number of nitrogens with zero attached hydrogens (tertiary/aromatic N) is 2. The molecule has 5 nitrogen and oxygen atoms in total. The van der Waals surface area contributed by atoms with E-state index in [1.54, 1.807) is 11.5 Å².